The summed E-state index contributed by atoms with van der Waals surface area (Å²) < 4.78 is 12.4. The fourth-order valence-electron chi connectivity index (χ4n) is 4.21. The molecule has 0 amide bonds. The second kappa shape index (κ2) is 10.8. The molecule has 0 spiro atoms. The Labute approximate surface area is 216 Å². The Balaban J connectivity index is 1.27. The highest BCUT2D eigenvalue weighted by atomic mass is 32.1. The van der Waals surface area contributed by atoms with Crippen LogP contribution in [-0.2, 0) is 6.42 Å². The minimum Gasteiger partial charge on any atom is -0.494 e. The van der Waals surface area contributed by atoms with Crippen LogP contribution >= 0.6 is 11.3 Å². The zero-order valence-corrected chi connectivity index (χ0v) is 21.3. The monoisotopic (exact) mass is 492 g/mol. The van der Waals surface area contributed by atoms with E-state index in [-0.39, 0.29) is 5.97 Å². The summed E-state index contributed by atoms with van der Waals surface area (Å²) in [5, 5.41) is 1.22. The third-order valence-corrected chi connectivity index (χ3v) is 7.25. The van der Waals surface area contributed by atoms with Gasteiger partial charge in [-0.1, -0.05) is 61.9 Å². The van der Waals surface area contributed by atoms with Crippen LogP contribution < -0.4 is 9.47 Å². The highest BCUT2D eigenvalue weighted by molar-refractivity contribution is 7.22. The molecule has 0 aliphatic heterocycles. The van der Waals surface area contributed by atoms with Gasteiger partial charge in [-0.2, -0.15) is 0 Å². The van der Waals surface area contributed by atoms with Crippen LogP contribution in [0.5, 0.6) is 11.5 Å². The van der Waals surface area contributed by atoms with Crippen molar-refractivity contribution in [3.8, 4) is 33.1 Å². The van der Waals surface area contributed by atoms with Gasteiger partial charge in [-0.05, 0) is 89.5 Å². The van der Waals surface area contributed by atoms with E-state index in [0.717, 1.165) is 29.7 Å². The molecule has 5 aromatic rings. The SMILES string of the molecule is CCCc1ccc(OC(=O)c2ccc(-c3ccc(-c4cc5ccc(OCC)cc5s4)cc3)cc2)cc1. The van der Waals surface area contributed by atoms with Gasteiger partial charge in [0.2, 0.25) is 0 Å². The number of fused-ring (bicyclic) bond motifs is 1. The summed E-state index contributed by atoms with van der Waals surface area (Å²) in [5.41, 5.74) is 5.12. The van der Waals surface area contributed by atoms with E-state index in [0.29, 0.717) is 17.9 Å². The zero-order valence-electron chi connectivity index (χ0n) is 20.5. The molecule has 1 heterocycles. The number of rotatable bonds is 8. The molecule has 1 aromatic heterocycles. The maximum absolute atomic E-state index is 12.6. The normalized spacial score (nSPS) is 10.9. The van der Waals surface area contributed by atoms with Crippen molar-refractivity contribution in [1.29, 1.82) is 0 Å². The highest BCUT2D eigenvalue weighted by Crippen LogP contribution is 2.36. The van der Waals surface area contributed by atoms with E-state index in [1.807, 2.05) is 61.5 Å². The fourth-order valence-corrected chi connectivity index (χ4v) is 5.31. The standard InChI is InChI=1S/C32H28O3S/c1-3-5-22-6-17-28(18-7-22)35-32(33)26-14-10-24(11-15-26)23-8-12-25(13-9-23)30-20-27-16-19-29(34-4-2)21-31(27)36-30/h6-21H,3-5H2,1-2H3. The van der Waals surface area contributed by atoms with Gasteiger partial charge in [0.25, 0.3) is 0 Å². The van der Waals surface area contributed by atoms with Crippen molar-refractivity contribution < 1.29 is 14.3 Å². The van der Waals surface area contributed by atoms with Gasteiger partial charge in [0.05, 0.1) is 12.2 Å². The van der Waals surface area contributed by atoms with Gasteiger partial charge >= 0.3 is 5.97 Å². The topological polar surface area (TPSA) is 35.5 Å². The van der Waals surface area contributed by atoms with Gasteiger partial charge in [0, 0.05) is 9.58 Å². The predicted octanol–water partition coefficient (Wildman–Crippen LogP) is 8.81. The van der Waals surface area contributed by atoms with Gasteiger partial charge < -0.3 is 9.47 Å². The van der Waals surface area contributed by atoms with Crippen LogP contribution in [0.1, 0.15) is 36.2 Å². The van der Waals surface area contributed by atoms with Crippen LogP contribution in [0.2, 0.25) is 0 Å². The lowest BCUT2D eigenvalue weighted by Gasteiger charge is -2.07. The summed E-state index contributed by atoms with van der Waals surface area (Å²) >= 11 is 1.77. The van der Waals surface area contributed by atoms with Gasteiger partial charge in [-0.25, -0.2) is 4.79 Å². The first-order chi connectivity index (χ1) is 17.6. The number of aryl methyl sites for hydroxylation is 1. The third kappa shape index (κ3) is 5.34. The van der Waals surface area contributed by atoms with E-state index in [1.54, 1.807) is 11.3 Å². The fraction of sp³-hybridized carbons (Fsp3) is 0.156. The molecule has 0 saturated carbocycles. The first-order valence-electron chi connectivity index (χ1n) is 12.3. The predicted molar refractivity (Wildman–Crippen MR) is 149 cm³/mol. The van der Waals surface area contributed by atoms with Crippen molar-refractivity contribution in [2.24, 2.45) is 0 Å². The Hall–Kier alpha value is -3.89. The lowest BCUT2D eigenvalue weighted by Crippen LogP contribution is -2.08. The van der Waals surface area contributed by atoms with Crippen LogP contribution in [0, 0.1) is 0 Å². The van der Waals surface area contributed by atoms with Gasteiger partial charge in [0.15, 0.2) is 0 Å². The van der Waals surface area contributed by atoms with E-state index in [2.05, 4.69) is 49.4 Å². The molecule has 0 aliphatic rings. The van der Waals surface area contributed by atoms with E-state index in [9.17, 15) is 4.79 Å². The lowest BCUT2D eigenvalue weighted by molar-refractivity contribution is 0.0734. The first-order valence-corrected chi connectivity index (χ1v) is 13.1. The van der Waals surface area contributed by atoms with Crippen molar-refractivity contribution in [3.05, 3.63) is 108 Å². The molecule has 4 heteroatoms. The molecule has 5 rings (SSSR count). The molecule has 0 atom stereocenters. The van der Waals surface area contributed by atoms with Crippen LogP contribution in [-0.4, -0.2) is 12.6 Å². The maximum atomic E-state index is 12.6. The number of carbonyl (C=O) groups excluding carboxylic acids is 1. The Kier molecular flexibility index (Phi) is 7.15. The summed E-state index contributed by atoms with van der Waals surface area (Å²) in [4.78, 5) is 13.8. The summed E-state index contributed by atoms with van der Waals surface area (Å²) in [6.07, 6.45) is 2.12. The number of hydrogen-bond acceptors (Lipinski definition) is 4. The number of hydrogen-bond donors (Lipinski definition) is 0. The summed E-state index contributed by atoms with van der Waals surface area (Å²) in [6.45, 7) is 4.81. The smallest absolute Gasteiger partial charge is 0.343 e. The average molecular weight is 493 g/mol. The molecular formula is C32H28O3S. The number of esters is 1. The number of thiophene rings is 1. The molecule has 36 heavy (non-hydrogen) atoms. The Morgan fingerprint density at radius 1 is 0.722 bits per heavy atom. The van der Waals surface area contributed by atoms with Crippen molar-refractivity contribution in [1.82, 2.24) is 0 Å². The first kappa shape index (κ1) is 23.8. The molecule has 0 fully saturated rings. The van der Waals surface area contributed by atoms with Crippen molar-refractivity contribution in [2.75, 3.05) is 6.61 Å². The second-order valence-corrected chi connectivity index (χ2v) is 9.77. The van der Waals surface area contributed by atoms with Gasteiger partial charge in [0.1, 0.15) is 11.5 Å². The molecule has 4 aromatic carbocycles. The lowest BCUT2D eigenvalue weighted by atomic mass is 10.0. The van der Waals surface area contributed by atoms with Crippen molar-refractivity contribution in [3.63, 3.8) is 0 Å². The van der Waals surface area contributed by atoms with E-state index in [4.69, 9.17) is 9.47 Å². The van der Waals surface area contributed by atoms with Crippen molar-refractivity contribution in [2.45, 2.75) is 26.7 Å². The van der Waals surface area contributed by atoms with Crippen LogP contribution in [0.15, 0.2) is 97.1 Å². The van der Waals surface area contributed by atoms with E-state index >= 15 is 0 Å². The highest BCUT2D eigenvalue weighted by Gasteiger charge is 2.10. The Morgan fingerprint density at radius 3 is 2.03 bits per heavy atom. The molecule has 0 radical (unpaired) electrons. The minimum atomic E-state index is -0.350. The minimum absolute atomic E-state index is 0.350. The molecule has 3 nitrogen and oxygen atoms in total. The number of carbonyl (C=O) groups is 1. The summed E-state index contributed by atoms with van der Waals surface area (Å²) in [5.74, 6) is 1.12. The van der Waals surface area contributed by atoms with Gasteiger partial charge in [-0.3, -0.25) is 0 Å². The quantitative estimate of drug-likeness (QED) is 0.160. The molecule has 180 valence electrons. The summed E-state index contributed by atoms with van der Waals surface area (Å²) in [7, 11) is 0. The largest absolute Gasteiger partial charge is 0.494 e. The summed E-state index contributed by atoms with van der Waals surface area (Å²) in [6, 6.07) is 32.3. The van der Waals surface area contributed by atoms with Crippen LogP contribution in [0.25, 0.3) is 31.7 Å². The van der Waals surface area contributed by atoms with Gasteiger partial charge in [-0.15, -0.1) is 11.3 Å². The molecule has 0 unspecified atom stereocenters. The van der Waals surface area contributed by atoms with Crippen LogP contribution in [0.3, 0.4) is 0 Å². The van der Waals surface area contributed by atoms with Crippen LogP contribution in [0.4, 0.5) is 0 Å². The molecule has 0 saturated heterocycles. The van der Waals surface area contributed by atoms with Crippen molar-refractivity contribution >= 4 is 27.4 Å². The average Bonchev–Trinajstić information content (AvgIpc) is 3.34. The zero-order chi connectivity index (χ0) is 24.9. The number of ether oxygens (including phenoxy) is 2. The molecule has 0 N–H and O–H groups in total. The Morgan fingerprint density at radius 2 is 1.36 bits per heavy atom. The maximum Gasteiger partial charge on any atom is 0.343 e. The molecule has 0 bridgehead atoms. The number of benzene rings is 4. The van der Waals surface area contributed by atoms with E-state index < -0.39 is 0 Å². The second-order valence-electron chi connectivity index (χ2n) is 8.68. The third-order valence-electron chi connectivity index (χ3n) is 6.10. The Bertz CT molecular complexity index is 1460. The van der Waals surface area contributed by atoms with E-state index in [1.165, 1.54) is 26.1 Å². The molecule has 0 aliphatic carbocycles. The molecular weight excluding hydrogens is 464 g/mol.